The van der Waals surface area contributed by atoms with Gasteiger partial charge in [-0.3, -0.25) is 9.59 Å². The molecule has 0 spiro atoms. The quantitative estimate of drug-likeness (QED) is 0.674. The molecule has 32 heavy (non-hydrogen) atoms. The summed E-state index contributed by atoms with van der Waals surface area (Å²) in [5.74, 6) is 0.269. The van der Waals surface area contributed by atoms with E-state index >= 15 is 0 Å². The zero-order chi connectivity index (χ0) is 23.5. The van der Waals surface area contributed by atoms with E-state index in [9.17, 15) is 14.7 Å². The first-order chi connectivity index (χ1) is 14.8. The summed E-state index contributed by atoms with van der Waals surface area (Å²) in [6.07, 6.45) is 5.02. The molecule has 1 aliphatic heterocycles. The SMILES string of the molecule is CCC(=O)[C@@]12OC(C)(C)OC1CC1C3CC(C)C4=CC(=O)CC[C@]4(C)C3(C)[C@@H](O)C[C@@]12C. The highest BCUT2D eigenvalue weighted by atomic mass is 16.8. The molecule has 5 unspecified atom stereocenters. The molecule has 1 saturated heterocycles. The Morgan fingerprint density at radius 2 is 1.84 bits per heavy atom. The van der Waals surface area contributed by atoms with Crippen molar-refractivity contribution in [3.63, 3.8) is 0 Å². The highest BCUT2D eigenvalue weighted by Crippen LogP contribution is 2.75. The van der Waals surface area contributed by atoms with Crippen LogP contribution in [0.25, 0.3) is 0 Å². The summed E-state index contributed by atoms with van der Waals surface area (Å²) >= 11 is 0. The van der Waals surface area contributed by atoms with Gasteiger partial charge in [0.15, 0.2) is 23.0 Å². The topological polar surface area (TPSA) is 72.8 Å². The second-order valence-electron chi connectivity index (χ2n) is 12.5. The average molecular weight is 445 g/mol. The first-order valence-corrected chi connectivity index (χ1v) is 12.6. The van der Waals surface area contributed by atoms with Gasteiger partial charge in [-0.2, -0.15) is 0 Å². The van der Waals surface area contributed by atoms with E-state index in [0.717, 1.165) is 19.3 Å². The van der Waals surface area contributed by atoms with E-state index in [1.165, 1.54) is 5.57 Å². The maximum Gasteiger partial charge on any atom is 0.167 e. The average Bonchev–Trinajstić information content (AvgIpc) is 3.11. The van der Waals surface area contributed by atoms with Crippen LogP contribution in [0.1, 0.15) is 87.0 Å². The number of hydrogen-bond acceptors (Lipinski definition) is 5. The van der Waals surface area contributed by atoms with Gasteiger partial charge in [0.05, 0.1) is 12.2 Å². The maximum atomic E-state index is 13.6. The van der Waals surface area contributed by atoms with Crippen LogP contribution in [-0.2, 0) is 19.1 Å². The molecule has 0 bridgehead atoms. The number of carbonyl (C=O) groups is 2. The van der Waals surface area contributed by atoms with E-state index in [-0.39, 0.29) is 46.3 Å². The third kappa shape index (κ3) is 2.41. The molecule has 4 fully saturated rings. The summed E-state index contributed by atoms with van der Waals surface area (Å²) in [4.78, 5) is 25.9. The van der Waals surface area contributed by atoms with Crippen LogP contribution in [0.15, 0.2) is 11.6 Å². The van der Waals surface area contributed by atoms with Gasteiger partial charge in [-0.1, -0.05) is 40.2 Å². The highest BCUT2D eigenvalue weighted by molar-refractivity contribution is 5.92. The van der Waals surface area contributed by atoms with E-state index in [1.807, 2.05) is 26.8 Å². The van der Waals surface area contributed by atoms with Crippen LogP contribution < -0.4 is 0 Å². The Bertz CT molecular complexity index is 906. The van der Waals surface area contributed by atoms with Crippen molar-refractivity contribution in [2.75, 3.05) is 0 Å². The Kier molecular flexibility index (Phi) is 4.65. The van der Waals surface area contributed by atoms with Gasteiger partial charge in [0.1, 0.15) is 0 Å². The normalized spacial score (nSPS) is 53.7. The lowest BCUT2D eigenvalue weighted by Crippen LogP contribution is -2.68. The lowest BCUT2D eigenvalue weighted by atomic mass is 9.37. The number of aliphatic hydroxyl groups excluding tert-OH is 1. The molecular weight excluding hydrogens is 404 g/mol. The zero-order valence-corrected chi connectivity index (χ0v) is 20.8. The molecule has 0 aromatic heterocycles. The van der Waals surface area contributed by atoms with Crippen LogP contribution in [-0.4, -0.2) is 40.3 Å². The minimum atomic E-state index is -0.999. The fourth-order valence-corrected chi connectivity index (χ4v) is 9.26. The monoisotopic (exact) mass is 444 g/mol. The molecule has 5 rings (SSSR count). The van der Waals surface area contributed by atoms with Crippen molar-refractivity contribution in [2.24, 2.45) is 34.0 Å². The summed E-state index contributed by atoms with van der Waals surface area (Å²) in [5.41, 5.74) is -0.822. The van der Waals surface area contributed by atoms with Crippen molar-refractivity contribution in [1.82, 2.24) is 0 Å². The van der Waals surface area contributed by atoms with Gasteiger partial charge in [-0.05, 0) is 68.8 Å². The Morgan fingerprint density at radius 1 is 1.16 bits per heavy atom. The number of ether oxygens (including phenoxy) is 2. The molecule has 4 aliphatic carbocycles. The lowest BCUT2D eigenvalue weighted by Gasteiger charge is -2.67. The molecule has 9 atom stereocenters. The number of Topliss-reactive ketones (excluding diaryl/α,β-unsaturated/α-hetero) is 1. The summed E-state index contributed by atoms with van der Waals surface area (Å²) in [6, 6.07) is 0. The Morgan fingerprint density at radius 3 is 2.50 bits per heavy atom. The van der Waals surface area contributed by atoms with E-state index in [0.29, 0.717) is 19.3 Å². The largest absolute Gasteiger partial charge is 0.392 e. The van der Waals surface area contributed by atoms with Crippen LogP contribution in [0.4, 0.5) is 0 Å². The molecule has 0 aromatic rings. The van der Waals surface area contributed by atoms with Crippen molar-refractivity contribution in [2.45, 2.75) is 111 Å². The molecule has 5 nitrogen and oxygen atoms in total. The molecule has 0 radical (unpaired) electrons. The smallest absolute Gasteiger partial charge is 0.167 e. The first-order valence-electron chi connectivity index (χ1n) is 12.6. The fourth-order valence-electron chi connectivity index (χ4n) is 9.26. The van der Waals surface area contributed by atoms with Gasteiger partial charge in [0.2, 0.25) is 0 Å². The third-order valence-electron chi connectivity index (χ3n) is 10.9. The number of carbonyl (C=O) groups excluding carboxylic acids is 2. The minimum absolute atomic E-state index is 0.104. The standard InChI is InChI=1S/C27H40O5/c1-8-20(29)27-22(31-23(3,4)32-27)13-18-19-11-15(2)17-12-16(28)9-10-24(17,5)26(19,7)21(30)14-25(18,27)6/h12,15,18-19,21-22,30H,8-11,13-14H2,1-7H3/t15?,18?,19?,21-,22?,24-,25-,26?,27+/m0/s1. The molecule has 1 heterocycles. The minimum Gasteiger partial charge on any atom is -0.392 e. The lowest BCUT2D eigenvalue weighted by molar-refractivity contribution is -0.246. The summed E-state index contributed by atoms with van der Waals surface area (Å²) in [6.45, 7) is 14.7. The number of fused-ring (bicyclic) bond motifs is 7. The Labute approximate surface area is 192 Å². The highest BCUT2D eigenvalue weighted by Gasteiger charge is 2.78. The zero-order valence-electron chi connectivity index (χ0n) is 20.8. The molecular formula is C27H40O5. The number of hydrogen-bond donors (Lipinski definition) is 1. The van der Waals surface area contributed by atoms with Crippen molar-refractivity contribution < 1.29 is 24.2 Å². The summed E-state index contributed by atoms with van der Waals surface area (Å²) < 4.78 is 13.0. The van der Waals surface area contributed by atoms with Crippen molar-refractivity contribution in [3.8, 4) is 0 Å². The van der Waals surface area contributed by atoms with Gasteiger partial charge in [-0.15, -0.1) is 0 Å². The van der Waals surface area contributed by atoms with E-state index in [4.69, 9.17) is 9.47 Å². The maximum absolute atomic E-state index is 13.6. The van der Waals surface area contributed by atoms with Gasteiger partial charge in [0, 0.05) is 23.7 Å². The fraction of sp³-hybridized carbons (Fsp3) is 0.852. The Balaban J connectivity index is 1.65. The number of rotatable bonds is 2. The molecule has 178 valence electrons. The number of aliphatic hydroxyl groups is 1. The predicted octanol–water partition coefficient (Wildman–Crippen LogP) is 4.60. The molecule has 0 amide bonds. The van der Waals surface area contributed by atoms with Crippen molar-refractivity contribution in [3.05, 3.63) is 11.6 Å². The van der Waals surface area contributed by atoms with Crippen LogP contribution in [0.2, 0.25) is 0 Å². The van der Waals surface area contributed by atoms with Gasteiger partial charge >= 0.3 is 0 Å². The van der Waals surface area contributed by atoms with Gasteiger partial charge < -0.3 is 14.6 Å². The number of ketones is 2. The summed E-state index contributed by atoms with van der Waals surface area (Å²) in [5, 5.41) is 11.9. The van der Waals surface area contributed by atoms with Crippen LogP contribution >= 0.6 is 0 Å². The van der Waals surface area contributed by atoms with Crippen LogP contribution in [0.3, 0.4) is 0 Å². The molecule has 5 heteroatoms. The van der Waals surface area contributed by atoms with E-state index < -0.39 is 22.9 Å². The molecule has 0 aromatic carbocycles. The summed E-state index contributed by atoms with van der Waals surface area (Å²) in [7, 11) is 0. The van der Waals surface area contributed by atoms with Crippen LogP contribution in [0, 0.1) is 34.0 Å². The number of allylic oxidation sites excluding steroid dienone is 1. The van der Waals surface area contributed by atoms with Crippen molar-refractivity contribution >= 4 is 11.6 Å². The van der Waals surface area contributed by atoms with Crippen molar-refractivity contribution in [1.29, 1.82) is 0 Å². The van der Waals surface area contributed by atoms with E-state index in [2.05, 4.69) is 27.7 Å². The molecule has 3 saturated carbocycles. The first kappa shape index (κ1) is 22.7. The third-order valence-corrected chi connectivity index (χ3v) is 10.9. The van der Waals surface area contributed by atoms with Crippen LogP contribution in [0.5, 0.6) is 0 Å². The second-order valence-corrected chi connectivity index (χ2v) is 12.5. The van der Waals surface area contributed by atoms with Gasteiger partial charge in [-0.25, -0.2) is 0 Å². The Hall–Kier alpha value is -1.04. The van der Waals surface area contributed by atoms with E-state index in [1.54, 1.807) is 0 Å². The predicted molar refractivity (Wildman–Crippen MR) is 121 cm³/mol. The van der Waals surface area contributed by atoms with Gasteiger partial charge in [0.25, 0.3) is 0 Å². The molecule has 5 aliphatic rings. The second kappa shape index (κ2) is 6.55. The molecule has 1 N–H and O–H groups in total.